The molecule has 2 fully saturated rings. The normalized spacial score (nSPS) is 25.0. The fourth-order valence-corrected chi connectivity index (χ4v) is 6.02. The number of rotatable bonds is 6. The van der Waals surface area contributed by atoms with Crippen LogP contribution in [0.4, 0.5) is 4.39 Å². The first-order valence-electron chi connectivity index (χ1n) is 13.6. The smallest absolute Gasteiger partial charge is 0.282 e. The average Bonchev–Trinajstić information content (AvgIpc) is 3.13. The summed E-state index contributed by atoms with van der Waals surface area (Å²) in [6, 6.07) is 9.39. The molecule has 0 bridgehead atoms. The van der Waals surface area contributed by atoms with Crippen molar-refractivity contribution in [3.63, 3.8) is 0 Å². The number of amides is 3. The summed E-state index contributed by atoms with van der Waals surface area (Å²) in [5, 5.41) is 23.0. The van der Waals surface area contributed by atoms with E-state index in [2.05, 4.69) is 10.2 Å². The van der Waals surface area contributed by atoms with Gasteiger partial charge in [0.1, 0.15) is 57.4 Å². The lowest BCUT2D eigenvalue weighted by Crippen LogP contribution is -2.77. The molecule has 1 atom stereocenters. The van der Waals surface area contributed by atoms with Gasteiger partial charge in [0.2, 0.25) is 11.8 Å². The number of halogens is 1. The number of ether oxygens (including phenoxy) is 2. The average molecular weight is 559 g/mol. The van der Waals surface area contributed by atoms with Crippen molar-refractivity contribution in [2.45, 2.75) is 34.9 Å². The third kappa shape index (κ3) is 4.34. The number of aliphatic hydroxyl groups is 2. The highest BCUT2D eigenvalue weighted by Crippen LogP contribution is 2.58. The SMILES string of the molecule is BC1(B)C(=O)NC(=O)C(B)(N2C(=O)c3cccc(OCc4cccc(CN5CCOCC5)c4F)c3C2(O)O)C1(B)B. The number of nitrogens with zero attached hydrogens (tertiary/aromatic N) is 2. The number of carbonyl (C=O) groups is 3. The van der Waals surface area contributed by atoms with E-state index in [1.165, 1.54) is 26.0 Å². The topological polar surface area (TPSA) is 129 Å². The van der Waals surface area contributed by atoms with Gasteiger partial charge in [0, 0.05) is 30.8 Å². The Balaban J connectivity index is 1.46. The van der Waals surface area contributed by atoms with Crippen LogP contribution in [0.5, 0.6) is 5.75 Å². The van der Waals surface area contributed by atoms with Gasteiger partial charge in [-0.05, 0) is 17.3 Å². The van der Waals surface area contributed by atoms with Crippen molar-refractivity contribution in [2.75, 3.05) is 26.3 Å². The third-order valence-electron chi connectivity index (χ3n) is 9.61. The summed E-state index contributed by atoms with van der Waals surface area (Å²) in [5.74, 6) is -5.62. The van der Waals surface area contributed by atoms with Crippen LogP contribution in [0.25, 0.3) is 0 Å². The predicted octanol–water partition coefficient (Wildman–Crippen LogP) is -4.46. The van der Waals surface area contributed by atoms with Crippen molar-refractivity contribution in [2.24, 2.45) is 0 Å². The lowest BCUT2D eigenvalue weighted by atomic mass is 9.21. The summed E-state index contributed by atoms with van der Waals surface area (Å²) in [5.41, 5.74) is -1.43. The third-order valence-corrected chi connectivity index (χ3v) is 9.61. The predicted molar refractivity (Wildman–Crippen MR) is 160 cm³/mol. The van der Waals surface area contributed by atoms with Crippen LogP contribution >= 0.6 is 0 Å². The highest BCUT2D eigenvalue weighted by molar-refractivity contribution is 6.66. The highest BCUT2D eigenvalue weighted by Gasteiger charge is 2.69. The van der Waals surface area contributed by atoms with Crippen molar-refractivity contribution < 1.29 is 38.5 Å². The van der Waals surface area contributed by atoms with E-state index in [0.717, 1.165) is 0 Å². The van der Waals surface area contributed by atoms with Gasteiger partial charge in [-0.2, -0.15) is 0 Å². The largest absolute Gasteiger partial charge is 0.488 e. The fourth-order valence-electron chi connectivity index (χ4n) is 6.02. The Morgan fingerprint density at radius 2 is 1.59 bits per heavy atom. The molecule has 2 saturated heterocycles. The number of benzene rings is 2. The zero-order valence-electron chi connectivity index (χ0n) is 23.9. The Labute approximate surface area is 242 Å². The monoisotopic (exact) mass is 559 g/mol. The van der Waals surface area contributed by atoms with Crippen LogP contribution in [0.2, 0.25) is 10.4 Å². The van der Waals surface area contributed by atoms with Gasteiger partial charge in [0.05, 0.1) is 29.8 Å². The molecule has 3 aliphatic heterocycles. The van der Waals surface area contributed by atoms with Gasteiger partial charge in [-0.3, -0.25) is 29.5 Å². The molecule has 2 aromatic rings. The second-order valence-corrected chi connectivity index (χ2v) is 12.1. The number of nitrogens with one attached hydrogen (secondary N) is 1. The van der Waals surface area contributed by atoms with E-state index < -0.39 is 45.3 Å². The number of hydrogen-bond acceptors (Lipinski definition) is 8. The molecular weight excluding hydrogens is 527 g/mol. The molecule has 3 N–H and O–H groups in total. The maximum atomic E-state index is 15.4. The van der Waals surface area contributed by atoms with Crippen molar-refractivity contribution in [3.8, 4) is 5.75 Å². The molecule has 16 heteroatoms. The number of carbonyl (C=O) groups excluding carboxylic acids is 3. The molecule has 0 radical (unpaired) electrons. The Morgan fingerprint density at radius 1 is 0.951 bits per heavy atom. The zero-order valence-corrected chi connectivity index (χ0v) is 23.9. The van der Waals surface area contributed by atoms with Crippen LogP contribution in [0.1, 0.15) is 27.0 Å². The Bertz CT molecular complexity index is 1440. The minimum Gasteiger partial charge on any atom is -0.488 e. The first-order valence-corrected chi connectivity index (χ1v) is 13.6. The van der Waals surface area contributed by atoms with E-state index in [4.69, 9.17) is 9.47 Å². The zero-order chi connectivity index (χ0) is 30.0. The quantitative estimate of drug-likeness (QED) is 0.184. The summed E-state index contributed by atoms with van der Waals surface area (Å²) < 4.78 is 26.7. The Hall–Kier alpha value is -3.06. The number of piperidine rings is 1. The van der Waals surface area contributed by atoms with Crippen LogP contribution in [-0.2, 0) is 33.4 Å². The minimum absolute atomic E-state index is 0.0470. The highest BCUT2D eigenvalue weighted by atomic mass is 19.1. The minimum atomic E-state index is -2.97. The van der Waals surface area contributed by atoms with E-state index in [9.17, 15) is 24.6 Å². The molecule has 5 rings (SSSR count). The molecule has 0 aliphatic carbocycles. The van der Waals surface area contributed by atoms with E-state index in [0.29, 0.717) is 43.3 Å². The first kappa shape index (κ1) is 29.4. The molecule has 41 heavy (non-hydrogen) atoms. The molecule has 0 aromatic heterocycles. The van der Waals surface area contributed by atoms with Gasteiger partial charge in [-0.15, -0.1) is 0 Å². The molecular formula is C25H31B5FN3O7. The van der Waals surface area contributed by atoms with Gasteiger partial charge in [0.15, 0.2) is 0 Å². The molecule has 1 unspecified atom stereocenters. The van der Waals surface area contributed by atoms with Crippen LogP contribution in [0, 0.1) is 5.82 Å². The van der Waals surface area contributed by atoms with Crippen LogP contribution in [0.3, 0.4) is 0 Å². The van der Waals surface area contributed by atoms with E-state index in [-0.39, 0.29) is 29.0 Å². The lowest BCUT2D eigenvalue weighted by Gasteiger charge is -2.60. The van der Waals surface area contributed by atoms with Gasteiger partial charge in [0.25, 0.3) is 11.8 Å². The fraction of sp³-hybridized carbons (Fsp3) is 0.400. The van der Waals surface area contributed by atoms with Crippen LogP contribution in [-0.4, -0.2) is 109 Å². The number of imide groups is 1. The first-order chi connectivity index (χ1) is 19.2. The summed E-state index contributed by atoms with van der Waals surface area (Å²) in [6.45, 7) is 2.77. The van der Waals surface area contributed by atoms with Crippen LogP contribution in [0.15, 0.2) is 36.4 Å². The number of fused-ring (bicyclic) bond motifs is 1. The summed E-state index contributed by atoms with van der Waals surface area (Å²) in [4.78, 5) is 42.7. The van der Waals surface area contributed by atoms with Gasteiger partial charge in [-0.25, -0.2) is 4.39 Å². The molecule has 2 aromatic carbocycles. The molecule has 3 aliphatic rings. The lowest BCUT2D eigenvalue weighted by molar-refractivity contribution is -0.266. The molecule has 3 heterocycles. The summed E-state index contributed by atoms with van der Waals surface area (Å²) in [6.07, 6.45) is 0. The second kappa shape index (κ2) is 10.0. The number of morpholine rings is 1. The molecule has 10 nitrogen and oxygen atoms in total. The van der Waals surface area contributed by atoms with Crippen molar-refractivity contribution in [1.82, 2.24) is 15.1 Å². The molecule has 0 saturated carbocycles. The molecule has 3 amide bonds. The van der Waals surface area contributed by atoms with Crippen molar-refractivity contribution >= 4 is 57.0 Å². The van der Waals surface area contributed by atoms with Gasteiger partial charge >= 0.3 is 0 Å². The van der Waals surface area contributed by atoms with E-state index in [1.807, 2.05) is 0 Å². The number of hydrogen-bond donors (Lipinski definition) is 3. The van der Waals surface area contributed by atoms with Crippen molar-refractivity contribution in [1.29, 1.82) is 0 Å². The second-order valence-electron chi connectivity index (χ2n) is 12.1. The summed E-state index contributed by atoms with van der Waals surface area (Å²) >= 11 is 0. The molecule has 0 spiro atoms. The van der Waals surface area contributed by atoms with E-state index >= 15 is 4.39 Å². The maximum absolute atomic E-state index is 15.4. The Kier molecular flexibility index (Phi) is 7.21. The van der Waals surface area contributed by atoms with Crippen LogP contribution < -0.4 is 10.1 Å². The van der Waals surface area contributed by atoms with Crippen molar-refractivity contribution in [3.05, 3.63) is 64.5 Å². The standard InChI is InChI=1S/C25H31B5FN3O7/c26-22(27)20(36)32-21(37)23(28,25(22,29)30)34-19(35)15-5-2-6-16(17(15)24(34,38)39)41-12-14-4-1-3-13(18(14)31)11-33-7-9-40-10-8-33/h1-6,38-39H,7-12,26-30H2,(H,32,36,37). The summed E-state index contributed by atoms with van der Waals surface area (Å²) in [7, 11) is 7.96. The maximum Gasteiger partial charge on any atom is 0.282 e. The van der Waals surface area contributed by atoms with E-state index in [1.54, 1.807) is 49.6 Å². The Morgan fingerprint density at radius 3 is 2.27 bits per heavy atom. The van der Waals surface area contributed by atoms with Gasteiger partial charge < -0.3 is 19.7 Å². The van der Waals surface area contributed by atoms with Gasteiger partial charge in [-0.1, -0.05) is 29.5 Å². The molecule has 210 valence electrons.